The van der Waals surface area contributed by atoms with Crippen LogP contribution in [0, 0.1) is 5.82 Å². The Kier molecular flexibility index (Phi) is 6.15. The van der Waals surface area contributed by atoms with Crippen LogP contribution in [0.25, 0.3) is 0 Å². The number of carbonyl (C=O) groups excluding carboxylic acids is 1. The average molecular weight is 314 g/mol. The van der Waals surface area contributed by atoms with Crippen molar-refractivity contribution in [1.29, 1.82) is 0 Å². The van der Waals surface area contributed by atoms with E-state index in [0.29, 0.717) is 29.6 Å². The van der Waals surface area contributed by atoms with Crippen LogP contribution >= 0.6 is 11.6 Å². The molecule has 0 bridgehead atoms. The molecule has 1 N–H and O–H groups in total. The van der Waals surface area contributed by atoms with Crippen LogP contribution in [0.3, 0.4) is 0 Å². The predicted molar refractivity (Wildman–Crippen MR) is 81.3 cm³/mol. The molecule has 5 heteroatoms. The molecule has 116 valence electrons. The summed E-state index contributed by atoms with van der Waals surface area (Å²) in [6, 6.07) is 4.84. The summed E-state index contributed by atoms with van der Waals surface area (Å²) in [5.74, 6) is -0.839. The Morgan fingerprint density at radius 2 is 2.19 bits per heavy atom. The molecule has 1 heterocycles. The Balaban J connectivity index is 2.08. The van der Waals surface area contributed by atoms with Crippen molar-refractivity contribution >= 4 is 17.4 Å². The standard InChI is InChI=1S/C16H21ClFNO2/c1-2-16(20)14(10-19-12-5-7-21-8-6-12)13-4-3-11(17)9-15(13)18/h3-4,9,12,14,19H,2,5-8,10H2,1H3/t14-/m1/s1. The molecule has 21 heavy (non-hydrogen) atoms. The van der Waals surface area contributed by atoms with Crippen molar-refractivity contribution < 1.29 is 13.9 Å². The largest absolute Gasteiger partial charge is 0.381 e. The molecule has 1 fully saturated rings. The van der Waals surface area contributed by atoms with Crippen LogP contribution in [-0.4, -0.2) is 31.6 Å². The van der Waals surface area contributed by atoms with Crippen molar-refractivity contribution in [3.63, 3.8) is 0 Å². The minimum atomic E-state index is -0.463. The van der Waals surface area contributed by atoms with Crippen LogP contribution in [0.5, 0.6) is 0 Å². The first-order valence-corrected chi connectivity index (χ1v) is 7.78. The van der Waals surface area contributed by atoms with Gasteiger partial charge in [-0.15, -0.1) is 0 Å². The van der Waals surface area contributed by atoms with Crippen LogP contribution in [-0.2, 0) is 9.53 Å². The first kappa shape index (κ1) is 16.4. The van der Waals surface area contributed by atoms with Gasteiger partial charge in [0.1, 0.15) is 11.6 Å². The lowest BCUT2D eigenvalue weighted by molar-refractivity contribution is -0.120. The minimum absolute atomic E-state index is 0.0378. The molecule has 0 saturated carbocycles. The van der Waals surface area contributed by atoms with Gasteiger partial charge in [-0.05, 0) is 30.5 Å². The third-order valence-corrected chi connectivity index (χ3v) is 4.14. The van der Waals surface area contributed by atoms with Crippen LogP contribution in [0.15, 0.2) is 18.2 Å². The number of Topliss-reactive ketones (excluding diaryl/α,β-unsaturated/α-hetero) is 1. The van der Waals surface area contributed by atoms with Gasteiger partial charge in [-0.1, -0.05) is 24.6 Å². The molecule has 1 saturated heterocycles. The second-order valence-corrected chi connectivity index (χ2v) is 5.77. The van der Waals surface area contributed by atoms with Crippen molar-refractivity contribution in [2.24, 2.45) is 0 Å². The smallest absolute Gasteiger partial charge is 0.141 e. The van der Waals surface area contributed by atoms with E-state index in [1.165, 1.54) is 6.07 Å². The highest BCUT2D eigenvalue weighted by molar-refractivity contribution is 6.30. The Labute approximate surface area is 129 Å². The predicted octanol–water partition coefficient (Wildman–Crippen LogP) is 3.31. The molecular weight excluding hydrogens is 293 g/mol. The molecule has 0 aliphatic carbocycles. The van der Waals surface area contributed by atoms with Gasteiger partial charge in [0.2, 0.25) is 0 Å². The topological polar surface area (TPSA) is 38.3 Å². The van der Waals surface area contributed by atoms with E-state index in [1.54, 1.807) is 19.1 Å². The summed E-state index contributed by atoms with van der Waals surface area (Å²) < 4.78 is 19.4. The van der Waals surface area contributed by atoms with E-state index >= 15 is 0 Å². The van der Waals surface area contributed by atoms with Gasteiger partial charge in [0.05, 0.1) is 5.92 Å². The minimum Gasteiger partial charge on any atom is -0.381 e. The third-order valence-electron chi connectivity index (χ3n) is 3.91. The van der Waals surface area contributed by atoms with E-state index in [0.717, 1.165) is 26.1 Å². The normalized spacial score (nSPS) is 17.7. The van der Waals surface area contributed by atoms with Crippen LogP contribution in [0.2, 0.25) is 5.02 Å². The number of ketones is 1. The van der Waals surface area contributed by atoms with Gasteiger partial charge in [0, 0.05) is 37.2 Å². The quantitative estimate of drug-likeness (QED) is 0.875. The van der Waals surface area contributed by atoms with Crippen LogP contribution in [0.1, 0.15) is 37.7 Å². The van der Waals surface area contributed by atoms with E-state index in [-0.39, 0.29) is 5.78 Å². The zero-order valence-corrected chi connectivity index (χ0v) is 13.0. The Morgan fingerprint density at radius 3 is 2.81 bits per heavy atom. The Hall–Kier alpha value is -0.970. The molecule has 1 aromatic carbocycles. The number of hydrogen-bond acceptors (Lipinski definition) is 3. The fourth-order valence-electron chi connectivity index (χ4n) is 2.61. The maximum absolute atomic E-state index is 14.1. The lowest BCUT2D eigenvalue weighted by Crippen LogP contribution is -2.38. The molecule has 1 aliphatic rings. The molecule has 0 spiro atoms. The van der Waals surface area contributed by atoms with E-state index in [9.17, 15) is 9.18 Å². The number of carbonyl (C=O) groups is 1. The zero-order valence-electron chi connectivity index (χ0n) is 12.2. The SMILES string of the molecule is CCC(=O)[C@H](CNC1CCOCC1)c1ccc(Cl)cc1F. The second kappa shape index (κ2) is 7.87. The first-order valence-electron chi connectivity index (χ1n) is 7.40. The lowest BCUT2D eigenvalue weighted by Gasteiger charge is -2.26. The number of nitrogens with one attached hydrogen (secondary N) is 1. The highest BCUT2D eigenvalue weighted by atomic mass is 35.5. The summed E-state index contributed by atoms with van der Waals surface area (Å²) in [4.78, 5) is 12.2. The molecule has 2 rings (SSSR count). The third kappa shape index (κ3) is 4.50. The molecular formula is C16H21ClFNO2. The fraction of sp³-hybridized carbons (Fsp3) is 0.562. The first-order chi connectivity index (χ1) is 10.1. The number of benzene rings is 1. The van der Waals surface area contributed by atoms with E-state index in [1.807, 2.05) is 0 Å². The Bertz CT molecular complexity index is 489. The van der Waals surface area contributed by atoms with Crippen molar-refractivity contribution in [3.8, 4) is 0 Å². The summed E-state index contributed by atoms with van der Waals surface area (Å²) in [5.41, 5.74) is 0.422. The van der Waals surface area contributed by atoms with Gasteiger partial charge in [-0.25, -0.2) is 4.39 Å². The van der Waals surface area contributed by atoms with Gasteiger partial charge in [0.25, 0.3) is 0 Å². The molecule has 3 nitrogen and oxygen atoms in total. The number of hydrogen-bond donors (Lipinski definition) is 1. The van der Waals surface area contributed by atoms with Gasteiger partial charge >= 0.3 is 0 Å². The summed E-state index contributed by atoms with van der Waals surface area (Å²) in [6.45, 7) is 3.73. The zero-order chi connectivity index (χ0) is 15.2. The summed E-state index contributed by atoms with van der Waals surface area (Å²) >= 11 is 5.78. The van der Waals surface area contributed by atoms with Crippen molar-refractivity contribution in [3.05, 3.63) is 34.6 Å². The number of rotatable bonds is 6. The van der Waals surface area contributed by atoms with E-state index < -0.39 is 11.7 Å². The summed E-state index contributed by atoms with van der Waals surface area (Å²) in [6.07, 6.45) is 2.24. The number of ether oxygens (including phenoxy) is 1. The van der Waals surface area contributed by atoms with Gasteiger partial charge in [-0.3, -0.25) is 4.79 Å². The van der Waals surface area contributed by atoms with Crippen molar-refractivity contribution in [2.75, 3.05) is 19.8 Å². The molecule has 0 radical (unpaired) electrons. The molecule has 1 aromatic rings. The maximum Gasteiger partial charge on any atom is 0.141 e. The van der Waals surface area contributed by atoms with E-state index in [4.69, 9.17) is 16.3 Å². The monoisotopic (exact) mass is 313 g/mol. The highest BCUT2D eigenvalue weighted by Crippen LogP contribution is 2.24. The molecule has 1 atom stereocenters. The average Bonchev–Trinajstić information content (AvgIpc) is 2.50. The molecule has 0 unspecified atom stereocenters. The lowest BCUT2D eigenvalue weighted by atomic mass is 9.92. The van der Waals surface area contributed by atoms with Gasteiger partial charge in [-0.2, -0.15) is 0 Å². The highest BCUT2D eigenvalue weighted by Gasteiger charge is 2.24. The second-order valence-electron chi connectivity index (χ2n) is 5.33. The number of halogens is 2. The molecule has 1 aliphatic heterocycles. The van der Waals surface area contributed by atoms with Crippen LogP contribution in [0.4, 0.5) is 4.39 Å². The fourth-order valence-corrected chi connectivity index (χ4v) is 2.77. The molecule has 0 amide bonds. The Morgan fingerprint density at radius 1 is 1.48 bits per heavy atom. The summed E-state index contributed by atoms with van der Waals surface area (Å²) in [5, 5.41) is 3.72. The van der Waals surface area contributed by atoms with Crippen molar-refractivity contribution in [2.45, 2.75) is 38.1 Å². The van der Waals surface area contributed by atoms with E-state index in [2.05, 4.69) is 5.32 Å². The van der Waals surface area contributed by atoms with Crippen LogP contribution < -0.4 is 5.32 Å². The maximum atomic E-state index is 14.1. The van der Waals surface area contributed by atoms with Gasteiger partial charge in [0.15, 0.2) is 0 Å². The van der Waals surface area contributed by atoms with Crippen molar-refractivity contribution in [1.82, 2.24) is 5.32 Å². The molecule has 0 aromatic heterocycles. The van der Waals surface area contributed by atoms with Gasteiger partial charge < -0.3 is 10.1 Å². The summed E-state index contributed by atoms with van der Waals surface area (Å²) in [7, 11) is 0.